The number of nitrogens with zero attached hydrogens (tertiary/aromatic N) is 7. The van der Waals surface area contributed by atoms with Gasteiger partial charge < -0.3 is 29.2 Å². The number of rotatable bonds is 8. The number of aromatic nitrogens is 4. The molecule has 4 aliphatic carbocycles. The number of carbonyl (C=O) groups is 2. The van der Waals surface area contributed by atoms with Crippen LogP contribution in [0.5, 0.6) is 11.8 Å². The van der Waals surface area contributed by atoms with Crippen LogP contribution in [0, 0.1) is 50.1 Å². The van der Waals surface area contributed by atoms with Gasteiger partial charge >= 0.3 is 51.4 Å². The van der Waals surface area contributed by atoms with Crippen molar-refractivity contribution < 1.29 is 104 Å². The smallest absolute Gasteiger partial charge is 0.488 e. The molecule has 0 radical (unpaired) electrons. The fourth-order valence-corrected chi connectivity index (χ4v) is 13.8. The van der Waals surface area contributed by atoms with Crippen LogP contribution in [0.25, 0.3) is 27.2 Å². The van der Waals surface area contributed by atoms with E-state index in [9.17, 15) is 26.4 Å². The molecule has 6 aliphatic rings. The van der Waals surface area contributed by atoms with Crippen molar-refractivity contribution in [2.45, 2.75) is 153 Å². The van der Waals surface area contributed by atoms with Crippen molar-refractivity contribution in [3.05, 3.63) is 135 Å². The molecule has 2 aliphatic heterocycles. The molecule has 6 aromatic rings. The zero-order valence-corrected chi connectivity index (χ0v) is 50.7. The van der Waals surface area contributed by atoms with E-state index in [1.54, 1.807) is 12.1 Å². The van der Waals surface area contributed by atoms with E-state index in [1.165, 1.54) is 84.9 Å². The molecule has 4 saturated carbocycles. The summed E-state index contributed by atoms with van der Waals surface area (Å²) in [5, 5.41) is 0. The molecule has 0 saturated heterocycles. The molecule has 19 heteroatoms. The third kappa shape index (κ3) is 12.7. The monoisotopic (exact) mass is 1170 g/mol. The third-order valence-corrected chi connectivity index (χ3v) is 18.8. The SMILES string of the molecule is [2H]C([2H])([2H])c1cccc(C([2H])([2H])[2H])c1-c1cc2nc(n1)NS(=O)(=O)c1cccc(c1)C(=O)N(C1CC3(CC3)C1)[C@H](CC(C)C)CO2.[2H]C([2H])([2H])c1cccc(C([2H])([2H])[2H])c1-c1cc2nc(n1)[N-]S(=O)(=O)c1cccc(c1)C(=O)N(C1CC3(CC3)C1)[C@H](CC(C)C)CO2.[K+]. The summed E-state index contributed by atoms with van der Waals surface area (Å²) in [7, 11) is -8.83. The van der Waals surface area contributed by atoms with Gasteiger partial charge in [0.15, 0.2) is 0 Å². The van der Waals surface area contributed by atoms with Crippen LogP contribution in [0.15, 0.2) is 107 Å². The molecule has 4 aromatic carbocycles. The number of hydrogen-bond acceptors (Lipinski definition) is 12. The summed E-state index contributed by atoms with van der Waals surface area (Å²) in [5.74, 6) is -1.43. The van der Waals surface area contributed by atoms with Crippen molar-refractivity contribution in [3.63, 3.8) is 0 Å². The van der Waals surface area contributed by atoms with Crippen LogP contribution in [-0.2, 0) is 20.0 Å². The van der Waals surface area contributed by atoms with Crippen LogP contribution in [0.1, 0.15) is 151 Å². The maximum atomic E-state index is 14.2. The van der Waals surface area contributed by atoms with Crippen LogP contribution >= 0.6 is 0 Å². The fourth-order valence-electron chi connectivity index (χ4n) is 11.9. The number of anilines is 1. The molecule has 420 valence electrons. The number of sulfonamides is 2. The number of hydrogen-bond donors (Lipinski definition) is 1. The van der Waals surface area contributed by atoms with Crippen LogP contribution in [0.2, 0.25) is 0 Å². The Morgan fingerprint density at radius 1 is 0.605 bits per heavy atom. The fraction of sp³-hybridized carbons (Fsp3) is 0.452. The minimum absolute atomic E-state index is 0. The van der Waals surface area contributed by atoms with E-state index in [0.717, 1.165) is 51.4 Å². The largest absolute Gasteiger partial charge is 1.00 e. The summed E-state index contributed by atoms with van der Waals surface area (Å²) in [6.07, 6.45) is 9.21. The average molecular weight is 1170 g/mol. The number of carbonyl (C=O) groups excluding carboxylic acids is 2. The Labute approximate surface area is 536 Å². The van der Waals surface area contributed by atoms with Gasteiger partial charge in [-0.2, -0.15) is 4.98 Å². The summed E-state index contributed by atoms with van der Waals surface area (Å²) in [5.41, 5.74) is -0.747. The molecule has 16 nitrogen and oxygen atoms in total. The van der Waals surface area contributed by atoms with Gasteiger partial charge in [0.05, 0.1) is 27.6 Å². The van der Waals surface area contributed by atoms with Crippen molar-refractivity contribution >= 4 is 43.8 Å². The first-order chi connectivity index (χ1) is 42.9. The maximum Gasteiger partial charge on any atom is 1.00 e. The third-order valence-electron chi connectivity index (χ3n) is 16.2. The molecular weight excluding hydrogens is 1090 g/mol. The Morgan fingerprint density at radius 2 is 1.04 bits per heavy atom. The van der Waals surface area contributed by atoms with Crippen molar-refractivity contribution in [2.24, 2.45) is 22.7 Å². The number of benzene rings is 4. The average Bonchev–Trinajstić information content (AvgIpc) is 1.62. The zero-order chi connectivity index (χ0) is 66.5. The quantitative estimate of drug-likeness (QED) is 0.142. The number of amides is 2. The van der Waals surface area contributed by atoms with Crippen LogP contribution < -0.4 is 65.6 Å². The Kier molecular flexibility index (Phi) is 12.9. The van der Waals surface area contributed by atoms with Gasteiger partial charge in [-0.3, -0.25) is 14.3 Å². The van der Waals surface area contributed by atoms with E-state index in [2.05, 4.69) is 29.4 Å². The Hall–Kier alpha value is -5.28. The second-order valence-electron chi connectivity index (χ2n) is 23.2. The molecule has 81 heavy (non-hydrogen) atoms. The molecular formula is C62H71KN8O8S2. The first-order valence-corrected chi connectivity index (χ1v) is 30.0. The van der Waals surface area contributed by atoms with Gasteiger partial charge in [-0.1, -0.05) is 76.2 Å². The van der Waals surface area contributed by atoms with Crippen molar-refractivity contribution in [2.75, 3.05) is 17.9 Å². The van der Waals surface area contributed by atoms with Gasteiger partial charge in [0.1, 0.15) is 19.1 Å². The van der Waals surface area contributed by atoms with Crippen molar-refractivity contribution in [1.29, 1.82) is 0 Å². The summed E-state index contributed by atoms with van der Waals surface area (Å²) in [4.78, 5) is 48.8. The van der Waals surface area contributed by atoms with Gasteiger partial charge in [0.2, 0.25) is 21.9 Å². The van der Waals surface area contributed by atoms with Crippen LogP contribution in [-0.4, -0.2) is 95.8 Å². The normalized spacial score (nSPS) is 24.7. The van der Waals surface area contributed by atoms with E-state index >= 15 is 0 Å². The van der Waals surface area contributed by atoms with Gasteiger partial charge in [-0.25, -0.2) is 26.5 Å². The van der Waals surface area contributed by atoms with Gasteiger partial charge in [-0.05, 0) is 185 Å². The van der Waals surface area contributed by atoms with Crippen LogP contribution in [0.3, 0.4) is 0 Å². The number of aryl methyl sites for hydroxylation is 4. The molecule has 2 aromatic heterocycles. The standard InChI is InChI=1S/C31H36N4O4S.C31H35N4O4S.K/c2*1-19(2)13-23-18-39-27-15-26(28-20(3)7-5-8-21(28)4)32-30(33-27)34-40(37,38)25-10-6-9-22(14-25)29(36)35(23)24-16-31(17-24)11-12-31;/h5-10,14-15,19,23-24H,11-13,16-18H2,1-4H3,(H,32,33,34);5-10,14-15,19,23-24H,11-13,16-18H2,1-4H3;/q;-1;+1/t2*23-;/m11./s1/i2*3D3,4D3;. The minimum atomic E-state index is -4.48. The minimum Gasteiger partial charge on any atom is -0.488 e. The van der Waals surface area contributed by atoms with E-state index in [1.807, 2.05) is 37.5 Å². The van der Waals surface area contributed by atoms with Crippen LogP contribution in [0.4, 0.5) is 11.9 Å². The van der Waals surface area contributed by atoms with Gasteiger partial charge in [0.25, 0.3) is 21.8 Å². The number of fused-ring (bicyclic) bond motifs is 8. The summed E-state index contributed by atoms with van der Waals surface area (Å²) >= 11 is 0. The first-order valence-electron chi connectivity index (χ1n) is 33.1. The molecule has 2 amide bonds. The molecule has 8 bridgehead atoms. The number of nitrogens with one attached hydrogen (secondary N) is 1. The van der Waals surface area contributed by atoms with Gasteiger partial charge in [-0.15, -0.1) is 0 Å². The Morgan fingerprint density at radius 3 is 1.49 bits per heavy atom. The van der Waals surface area contributed by atoms with E-state index in [0.29, 0.717) is 12.8 Å². The van der Waals surface area contributed by atoms with E-state index in [4.69, 9.17) is 25.9 Å². The molecule has 0 unspecified atom stereocenters. The van der Waals surface area contributed by atoms with E-state index in [-0.39, 0.29) is 189 Å². The Balaban J connectivity index is 0.000000201. The molecule has 2 spiro atoms. The molecule has 2 atom stereocenters. The molecule has 1 N–H and O–H groups in total. The summed E-state index contributed by atoms with van der Waals surface area (Å²) in [6, 6.07) is 21.1. The van der Waals surface area contributed by atoms with Crippen molar-refractivity contribution in [3.8, 4) is 34.3 Å². The summed E-state index contributed by atoms with van der Waals surface area (Å²) in [6.45, 7) is -2.68. The number of ether oxygens (including phenoxy) is 2. The maximum absolute atomic E-state index is 14.2. The first kappa shape index (κ1) is 45.2. The predicted molar refractivity (Wildman–Crippen MR) is 307 cm³/mol. The molecule has 4 fully saturated rings. The van der Waals surface area contributed by atoms with E-state index < -0.39 is 71.4 Å². The van der Waals surface area contributed by atoms with Gasteiger partial charge in [0, 0.05) is 62.9 Å². The molecule has 4 heterocycles. The molecule has 12 rings (SSSR count). The predicted octanol–water partition coefficient (Wildman–Crippen LogP) is 9.10. The second kappa shape index (κ2) is 23.1. The topological polar surface area (TPSA) is 205 Å². The Bertz CT molecular complexity index is 3770. The zero-order valence-electron chi connectivity index (χ0n) is 57.9. The van der Waals surface area contributed by atoms with Crippen molar-refractivity contribution in [1.82, 2.24) is 29.7 Å². The summed E-state index contributed by atoms with van der Waals surface area (Å²) < 4.78 is 170. The second-order valence-corrected chi connectivity index (χ2v) is 26.5.